The molecule has 0 radical (unpaired) electrons. The first-order valence-electron chi connectivity index (χ1n) is 9.06. The second kappa shape index (κ2) is 8.85. The maximum absolute atomic E-state index is 12.3. The van der Waals surface area contributed by atoms with Crippen molar-refractivity contribution in [2.75, 3.05) is 10.6 Å². The molecule has 1 heterocycles. The first-order valence-corrected chi connectivity index (χ1v) is 9.06. The van der Waals surface area contributed by atoms with Gasteiger partial charge in [0, 0.05) is 23.6 Å². The van der Waals surface area contributed by atoms with Gasteiger partial charge in [-0.3, -0.25) is 4.79 Å². The van der Waals surface area contributed by atoms with Crippen molar-refractivity contribution in [3.63, 3.8) is 0 Å². The van der Waals surface area contributed by atoms with Crippen molar-refractivity contribution < 1.29 is 9.59 Å². The fourth-order valence-electron chi connectivity index (χ4n) is 2.63. The predicted molar refractivity (Wildman–Crippen MR) is 110 cm³/mol. The average Bonchev–Trinajstić information content (AvgIpc) is 3.12. The molecule has 0 unspecified atom stereocenters. The smallest absolute Gasteiger partial charge is 0.319 e. The second-order valence-electron chi connectivity index (χ2n) is 6.68. The minimum atomic E-state index is -0.262. The Morgan fingerprint density at radius 2 is 1.61 bits per heavy atom. The van der Waals surface area contributed by atoms with E-state index in [2.05, 4.69) is 21.0 Å². The molecule has 0 fully saturated rings. The van der Waals surface area contributed by atoms with Gasteiger partial charge >= 0.3 is 6.03 Å². The van der Waals surface area contributed by atoms with Crippen molar-refractivity contribution >= 4 is 23.3 Å². The van der Waals surface area contributed by atoms with Gasteiger partial charge in [-0.2, -0.15) is 5.10 Å². The van der Waals surface area contributed by atoms with Crippen molar-refractivity contribution in [3.8, 4) is 5.69 Å². The van der Waals surface area contributed by atoms with E-state index in [9.17, 15) is 9.59 Å². The number of hydrogen-bond donors (Lipinski definition) is 3. The molecule has 0 aliphatic heterocycles. The van der Waals surface area contributed by atoms with E-state index in [-0.39, 0.29) is 24.4 Å². The van der Waals surface area contributed by atoms with Gasteiger partial charge in [0.15, 0.2) is 0 Å². The molecular formula is C21H23N5O2. The second-order valence-corrected chi connectivity index (χ2v) is 6.68. The van der Waals surface area contributed by atoms with E-state index < -0.39 is 0 Å². The van der Waals surface area contributed by atoms with Crippen molar-refractivity contribution in [1.29, 1.82) is 0 Å². The van der Waals surface area contributed by atoms with E-state index in [1.54, 1.807) is 35.1 Å². The van der Waals surface area contributed by atoms with Crippen LogP contribution in [0.1, 0.15) is 19.4 Å². The Morgan fingerprint density at radius 1 is 0.964 bits per heavy atom. The third kappa shape index (κ3) is 5.44. The zero-order valence-corrected chi connectivity index (χ0v) is 15.8. The standard InChI is InChI=1S/C21H23N5O2/c1-15(2)23-21(28)25-18-10-8-17(9-11-18)24-20(27)12-16-13-22-26(14-16)19-6-4-3-5-7-19/h3-11,13-15H,12H2,1-2H3,(H,24,27)(H2,23,25,28). The fourth-order valence-corrected chi connectivity index (χ4v) is 2.63. The Hall–Kier alpha value is -3.61. The van der Waals surface area contributed by atoms with Gasteiger partial charge in [0.25, 0.3) is 0 Å². The zero-order chi connectivity index (χ0) is 19.9. The number of amides is 3. The summed E-state index contributed by atoms with van der Waals surface area (Å²) in [4.78, 5) is 24.0. The van der Waals surface area contributed by atoms with Crippen molar-refractivity contribution in [2.24, 2.45) is 0 Å². The number of benzene rings is 2. The molecule has 0 spiro atoms. The zero-order valence-electron chi connectivity index (χ0n) is 15.8. The molecule has 0 saturated heterocycles. The summed E-state index contributed by atoms with van der Waals surface area (Å²) < 4.78 is 1.74. The quantitative estimate of drug-likeness (QED) is 0.613. The molecule has 0 bridgehead atoms. The van der Waals surface area contributed by atoms with Crippen LogP contribution in [0, 0.1) is 0 Å². The van der Waals surface area contributed by atoms with Crippen LogP contribution in [0.3, 0.4) is 0 Å². The number of nitrogens with zero attached hydrogens (tertiary/aromatic N) is 2. The van der Waals surface area contributed by atoms with Crippen LogP contribution in [0.2, 0.25) is 0 Å². The van der Waals surface area contributed by atoms with Gasteiger partial charge in [-0.05, 0) is 55.8 Å². The largest absolute Gasteiger partial charge is 0.336 e. The van der Waals surface area contributed by atoms with Gasteiger partial charge in [0.1, 0.15) is 0 Å². The van der Waals surface area contributed by atoms with E-state index in [0.717, 1.165) is 11.3 Å². The molecule has 2 aromatic carbocycles. The third-order valence-electron chi connectivity index (χ3n) is 3.87. The minimum absolute atomic E-state index is 0.0600. The van der Waals surface area contributed by atoms with Crippen LogP contribution in [0.15, 0.2) is 67.0 Å². The van der Waals surface area contributed by atoms with Gasteiger partial charge in [-0.15, -0.1) is 0 Å². The number of rotatable bonds is 6. The first kappa shape index (κ1) is 19.2. The molecule has 0 saturated carbocycles. The molecule has 0 aliphatic rings. The predicted octanol–water partition coefficient (Wildman–Crippen LogP) is 3.58. The lowest BCUT2D eigenvalue weighted by molar-refractivity contribution is -0.115. The molecule has 7 heteroatoms. The Kier molecular flexibility index (Phi) is 6.06. The lowest BCUT2D eigenvalue weighted by Crippen LogP contribution is -2.34. The summed E-state index contributed by atoms with van der Waals surface area (Å²) in [6.45, 7) is 3.78. The van der Waals surface area contributed by atoms with Crippen LogP contribution in [-0.2, 0) is 11.2 Å². The van der Waals surface area contributed by atoms with E-state index in [0.29, 0.717) is 11.4 Å². The highest BCUT2D eigenvalue weighted by Crippen LogP contribution is 2.14. The Morgan fingerprint density at radius 3 is 2.25 bits per heavy atom. The number of hydrogen-bond acceptors (Lipinski definition) is 3. The number of urea groups is 1. The number of nitrogens with one attached hydrogen (secondary N) is 3. The molecule has 7 nitrogen and oxygen atoms in total. The SMILES string of the molecule is CC(C)NC(=O)Nc1ccc(NC(=O)Cc2cnn(-c3ccccc3)c2)cc1. The van der Waals surface area contributed by atoms with E-state index in [1.165, 1.54) is 0 Å². The Bertz CT molecular complexity index is 933. The summed E-state index contributed by atoms with van der Waals surface area (Å²) in [5.74, 6) is -0.133. The summed E-state index contributed by atoms with van der Waals surface area (Å²) in [6, 6.07) is 16.5. The van der Waals surface area contributed by atoms with Crippen molar-refractivity contribution in [2.45, 2.75) is 26.3 Å². The number of aromatic nitrogens is 2. The molecule has 144 valence electrons. The van der Waals surface area contributed by atoms with Crippen molar-refractivity contribution in [1.82, 2.24) is 15.1 Å². The molecule has 3 N–H and O–H groups in total. The number of carbonyl (C=O) groups is 2. The summed E-state index contributed by atoms with van der Waals surface area (Å²) >= 11 is 0. The lowest BCUT2D eigenvalue weighted by atomic mass is 10.2. The summed E-state index contributed by atoms with van der Waals surface area (Å²) in [7, 11) is 0. The topological polar surface area (TPSA) is 88.1 Å². The van der Waals surface area contributed by atoms with Crippen LogP contribution in [0.5, 0.6) is 0 Å². The average molecular weight is 377 g/mol. The summed E-state index contributed by atoms with van der Waals surface area (Å²) in [6.07, 6.45) is 3.76. The molecule has 28 heavy (non-hydrogen) atoms. The number of anilines is 2. The highest BCUT2D eigenvalue weighted by Gasteiger charge is 2.08. The normalized spacial score (nSPS) is 10.5. The van der Waals surface area contributed by atoms with Gasteiger partial charge in [0.05, 0.1) is 18.3 Å². The van der Waals surface area contributed by atoms with Crippen LogP contribution >= 0.6 is 0 Å². The molecule has 1 aromatic heterocycles. The molecule has 3 amide bonds. The molecule has 3 rings (SSSR count). The Balaban J connectivity index is 1.54. The Labute approximate surface area is 163 Å². The monoisotopic (exact) mass is 377 g/mol. The van der Waals surface area contributed by atoms with Gasteiger partial charge < -0.3 is 16.0 Å². The fraction of sp³-hybridized carbons (Fsp3) is 0.190. The summed E-state index contributed by atoms with van der Waals surface area (Å²) in [5, 5.41) is 12.6. The van der Waals surface area contributed by atoms with Crippen molar-refractivity contribution in [3.05, 3.63) is 72.6 Å². The van der Waals surface area contributed by atoms with Crippen LogP contribution in [0.25, 0.3) is 5.69 Å². The van der Waals surface area contributed by atoms with E-state index >= 15 is 0 Å². The highest BCUT2D eigenvalue weighted by atomic mass is 16.2. The maximum Gasteiger partial charge on any atom is 0.319 e. The number of para-hydroxylation sites is 1. The van der Waals surface area contributed by atoms with Gasteiger partial charge in [-0.1, -0.05) is 18.2 Å². The van der Waals surface area contributed by atoms with E-state index in [1.807, 2.05) is 50.4 Å². The lowest BCUT2D eigenvalue weighted by Gasteiger charge is -2.11. The van der Waals surface area contributed by atoms with E-state index in [4.69, 9.17) is 0 Å². The highest BCUT2D eigenvalue weighted by molar-refractivity contribution is 5.93. The maximum atomic E-state index is 12.3. The third-order valence-corrected chi connectivity index (χ3v) is 3.87. The van der Waals surface area contributed by atoms with Crippen LogP contribution < -0.4 is 16.0 Å². The molecular weight excluding hydrogens is 354 g/mol. The summed E-state index contributed by atoms with van der Waals surface area (Å²) in [5.41, 5.74) is 3.08. The molecule has 0 aliphatic carbocycles. The van der Waals surface area contributed by atoms with Gasteiger partial charge in [0.2, 0.25) is 5.91 Å². The molecule has 0 atom stereocenters. The van der Waals surface area contributed by atoms with Crippen LogP contribution in [0.4, 0.5) is 16.2 Å². The van der Waals surface area contributed by atoms with Crippen LogP contribution in [-0.4, -0.2) is 27.8 Å². The van der Waals surface area contributed by atoms with Gasteiger partial charge in [-0.25, -0.2) is 9.48 Å². The first-order chi connectivity index (χ1) is 13.5. The minimum Gasteiger partial charge on any atom is -0.336 e. The number of carbonyl (C=O) groups excluding carboxylic acids is 2. The molecule has 3 aromatic rings.